The predicted molar refractivity (Wildman–Crippen MR) is 37.3 cm³/mol. The van der Waals surface area contributed by atoms with Crippen molar-refractivity contribution >= 4 is 0 Å². The lowest BCUT2D eigenvalue weighted by atomic mass is 9.92. The number of halogens is 4. The van der Waals surface area contributed by atoms with Crippen LogP contribution in [0.1, 0.15) is 0 Å². The SMILES string of the molecule is N#CC1=C(F)C(F)C(F)(C#N)C=C1F. The van der Waals surface area contributed by atoms with Gasteiger partial charge in [-0.25, -0.2) is 17.6 Å². The number of rotatable bonds is 0. The summed E-state index contributed by atoms with van der Waals surface area (Å²) in [5.41, 5.74) is -4.59. The van der Waals surface area contributed by atoms with Gasteiger partial charge in [-0.15, -0.1) is 0 Å². The summed E-state index contributed by atoms with van der Waals surface area (Å²) in [5, 5.41) is 16.4. The molecule has 1 aliphatic rings. The Labute approximate surface area is 76.4 Å². The van der Waals surface area contributed by atoms with E-state index in [9.17, 15) is 17.6 Å². The summed E-state index contributed by atoms with van der Waals surface area (Å²) in [5.74, 6) is -3.46. The van der Waals surface area contributed by atoms with Crippen molar-refractivity contribution in [1.29, 1.82) is 10.5 Å². The first-order valence-electron chi connectivity index (χ1n) is 3.39. The highest BCUT2D eigenvalue weighted by Gasteiger charge is 2.47. The lowest BCUT2D eigenvalue weighted by molar-refractivity contribution is 0.145. The van der Waals surface area contributed by atoms with Gasteiger partial charge >= 0.3 is 0 Å². The number of allylic oxidation sites excluding steroid dienone is 4. The van der Waals surface area contributed by atoms with Crippen LogP contribution < -0.4 is 0 Å². The van der Waals surface area contributed by atoms with Crippen LogP contribution in [0.4, 0.5) is 17.6 Å². The Hall–Kier alpha value is -1.82. The molecule has 0 bridgehead atoms. The standard InChI is InChI=1S/C8H2F4N2/c9-5-1-8(12,3-14)7(11)6(10)4(5)2-13/h1,7H. The van der Waals surface area contributed by atoms with E-state index in [1.54, 1.807) is 0 Å². The Morgan fingerprint density at radius 1 is 1.36 bits per heavy atom. The predicted octanol–water partition coefficient (Wildman–Crippen LogP) is 2.17. The highest BCUT2D eigenvalue weighted by molar-refractivity contribution is 5.49. The van der Waals surface area contributed by atoms with Crippen LogP contribution in [0, 0.1) is 22.7 Å². The molecule has 0 aromatic heterocycles. The van der Waals surface area contributed by atoms with Crippen LogP contribution >= 0.6 is 0 Å². The van der Waals surface area contributed by atoms with E-state index in [0.29, 0.717) is 0 Å². The Kier molecular flexibility index (Phi) is 2.31. The van der Waals surface area contributed by atoms with Crippen LogP contribution in [0.2, 0.25) is 0 Å². The molecule has 0 aromatic rings. The second kappa shape index (κ2) is 3.15. The molecule has 0 heterocycles. The maximum Gasteiger partial charge on any atom is 0.254 e. The van der Waals surface area contributed by atoms with Gasteiger partial charge in [0.25, 0.3) is 5.67 Å². The third-order valence-corrected chi connectivity index (χ3v) is 1.69. The summed E-state index contributed by atoms with van der Waals surface area (Å²) in [4.78, 5) is 0. The third kappa shape index (κ3) is 1.25. The third-order valence-electron chi connectivity index (χ3n) is 1.69. The molecule has 0 spiro atoms. The second-order valence-electron chi connectivity index (χ2n) is 2.57. The molecule has 6 heteroatoms. The van der Waals surface area contributed by atoms with Crippen LogP contribution in [0.25, 0.3) is 0 Å². The fourth-order valence-corrected chi connectivity index (χ4v) is 0.951. The van der Waals surface area contributed by atoms with Gasteiger partial charge in [-0.05, 0) is 0 Å². The first kappa shape index (κ1) is 10.3. The molecular weight excluding hydrogens is 200 g/mol. The molecule has 0 saturated carbocycles. The van der Waals surface area contributed by atoms with Crippen molar-refractivity contribution < 1.29 is 17.6 Å². The average Bonchev–Trinajstić information content (AvgIpc) is 2.15. The van der Waals surface area contributed by atoms with Gasteiger partial charge < -0.3 is 0 Å². The molecule has 0 fully saturated rings. The van der Waals surface area contributed by atoms with Gasteiger partial charge in [0, 0.05) is 6.08 Å². The topological polar surface area (TPSA) is 47.6 Å². The van der Waals surface area contributed by atoms with Gasteiger partial charge in [0.2, 0.25) is 6.17 Å². The molecule has 0 saturated heterocycles. The lowest BCUT2D eigenvalue weighted by Crippen LogP contribution is -2.35. The minimum atomic E-state index is -3.38. The minimum absolute atomic E-state index is 0.0424. The molecule has 0 radical (unpaired) electrons. The van der Waals surface area contributed by atoms with Crippen LogP contribution in [0.15, 0.2) is 23.3 Å². The Balaban J connectivity index is 3.33. The molecule has 1 aliphatic carbocycles. The summed E-state index contributed by atoms with van der Waals surface area (Å²) in [6, 6.07) is 1.83. The lowest BCUT2D eigenvalue weighted by Gasteiger charge is -2.21. The average molecular weight is 202 g/mol. The largest absolute Gasteiger partial charge is 0.254 e. The zero-order chi connectivity index (χ0) is 10.9. The van der Waals surface area contributed by atoms with Crippen LogP contribution in [0.3, 0.4) is 0 Å². The molecule has 0 N–H and O–H groups in total. The van der Waals surface area contributed by atoms with Crippen LogP contribution in [-0.4, -0.2) is 11.8 Å². The van der Waals surface area contributed by atoms with E-state index < -0.39 is 29.1 Å². The van der Waals surface area contributed by atoms with E-state index in [2.05, 4.69) is 0 Å². The van der Waals surface area contributed by atoms with Crippen LogP contribution in [-0.2, 0) is 0 Å². The minimum Gasteiger partial charge on any atom is -0.234 e. The Bertz CT molecular complexity index is 412. The molecule has 14 heavy (non-hydrogen) atoms. The molecule has 1 rings (SSSR count). The fourth-order valence-electron chi connectivity index (χ4n) is 0.951. The van der Waals surface area contributed by atoms with E-state index >= 15 is 0 Å². The van der Waals surface area contributed by atoms with E-state index in [1.165, 1.54) is 0 Å². The monoisotopic (exact) mass is 202 g/mol. The van der Waals surface area contributed by atoms with Gasteiger partial charge in [-0.3, -0.25) is 0 Å². The highest BCUT2D eigenvalue weighted by atomic mass is 19.2. The summed E-state index contributed by atoms with van der Waals surface area (Å²) in [6.07, 6.45) is -3.00. The summed E-state index contributed by atoms with van der Waals surface area (Å²) >= 11 is 0. The number of nitriles is 2. The van der Waals surface area contributed by atoms with Crippen LogP contribution in [0.5, 0.6) is 0 Å². The molecule has 2 nitrogen and oxygen atoms in total. The molecule has 0 aliphatic heterocycles. The van der Waals surface area contributed by atoms with Crippen molar-refractivity contribution in [2.24, 2.45) is 0 Å². The van der Waals surface area contributed by atoms with E-state index in [4.69, 9.17) is 10.5 Å². The second-order valence-corrected chi connectivity index (χ2v) is 2.57. The van der Waals surface area contributed by atoms with Gasteiger partial charge in [-0.1, -0.05) is 0 Å². The molecule has 0 amide bonds. The first-order chi connectivity index (χ1) is 6.46. The number of hydrogen-bond donors (Lipinski definition) is 0. The maximum atomic E-state index is 13.1. The van der Waals surface area contributed by atoms with Crippen molar-refractivity contribution in [3.05, 3.63) is 23.3 Å². The summed E-state index contributed by atoms with van der Waals surface area (Å²) in [6.45, 7) is 0. The smallest absolute Gasteiger partial charge is 0.234 e. The summed E-state index contributed by atoms with van der Waals surface area (Å²) < 4.78 is 51.4. The molecule has 0 aromatic carbocycles. The van der Waals surface area contributed by atoms with Crippen molar-refractivity contribution in [3.8, 4) is 12.1 Å². The number of alkyl halides is 2. The number of hydrogen-bond acceptors (Lipinski definition) is 2. The van der Waals surface area contributed by atoms with Gasteiger partial charge in [-0.2, -0.15) is 10.5 Å². The quantitative estimate of drug-likeness (QED) is 0.565. The molecule has 2 atom stereocenters. The van der Waals surface area contributed by atoms with Gasteiger partial charge in [0.05, 0.1) is 0 Å². The van der Waals surface area contributed by atoms with Crippen molar-refractivity contribution in [2.45, 2.75) is 11.8 Å². The Morgan fingerprint density at radius 3 is 2.36 bits per heavy atom. The van der Waals surface area contributed by atoms with E-state index in [0.717, 1.165) is 12.1 Å². The maximum absolute atomic E-state index is 13.1. The fraction of sp³-hybridized carbons (Fsp3) is 0.250. The van der Waals surface area contributed by atoms with Crippen molar-refractivity contribution in [1.82, 2.24) is 0 Å². The van der Waals surface area contributed by atoms with E-state index in [-0.39, 0.29) is 6.08 Å². The molecule has 72 valence electrons. The van der Waals surface area contributed by atoms with Crippen molar-refractivity contribution in [3.63, 3.8) is 0 Å². The highest BCUT2D eigenvalue weighted by Crippen LogP contribution is 2.37. The van der Waals surface area contributed by atoms with Gasteiger partial charge in [0.1, 0.15) is 23.5 Å². The Morgan fingerprint density at radius 2 is 1.93 bits per heavy atom. The zero-order valence-corrected chi connectivity index (χ0v) is 6.56. The van der Waals surface area contributed by atoms with Crippen molar-refractivity contribution in [2.75, 3.05) is 0 Å². The van der Waals surface area contributed by atoms with Gasteiger partial charge in [0.15, 0.2) is 5.83 Å². The number of nitrogens with zero attached hydrogens (tertiary/aromatic N) is 2. The zero-order valence-electron chi connectivity index (χ0n) is 6.56. The first-order valence-corrected chi connectivity index (χ1v) is 3.39. The molecular formula is C8H2F4N2. The summed E-state index contributed by atoms with van der Waals surface area (Å²) in [7, 11) is 0. The normalized spacial score (nSPS) is 31.9. The van der Waals surface area contributed by atoms with E-state index in [1.807, 2.05) is 0 Å². The molecule has 2 unspecified atom stereocenters.